The Morgan fingerprint density at radius 2 is 1.86 bits per heavy atom. The van der Waals surface area contributed by atoms with E-state index >= 15 is 0 Å². The van der Waals surface area contributed by atoms with Gasteiger partial charge in [0.15, 0.2) is 0 Å². The number of rotatable bonds is 6. The molecule has 28 heavy (non-hydrogen) atoms. The zero-order valence-electron chi connectivity index (χ0n) is 15.5. The molecule has 0 aliphatic heterocycles. The fourth-order valence-electron chi connectivity index (χ4n) is 3.03. The summed E-state index contributed by atoms with van der Waals surface area (Å²) in [5.41, 5.74) is -0.276. The number of amides is 1. The van der Waals surface area contributed by atoms with Gasteiger partial charge in [-0.2, -0.15) is 0 Å². The van der Waals surface area contributed by atoms with Crippen molar-refractivity contribution in [2.75, 3.05) is 6.54 Å². The highest BCUT2D eigenvalue weighted by Gasteiger charge is 2.19. The van der Waals surface area contributed by atoms with Gasteiger partial charge in [-0.3, -0.25) is 18.7 Å². The van der Waals surface area contributed by atoms with Crippen LogP contribution in [0.3, 0.4) is 0 Å². The Hall–Kier alpha value is -3.42. The number of halogens is 1. The van der Waals surface area contributed by atoms with Crippen molar-refractivity contribution in [2.45, 2.75) is 12.3 Å². The lowest BCUT2D eigenvalue weighted by Gasteiger charge is -2.16. The number of benzene rings is 1. The molecule has 146 valence electrons. The average Bonchev–Trinajstić information content (AvgIpc) is 3.21. The van der Waals surface area contributed by atoms with Gasteiger partial charge in [-0.1, -0.05) is 12.1 Å². The van der Waals surface area contributed by atoms with Gasteiger partial charge in [-0.15, -0.1) is 0 Å². The maximum Gasteiger partial charge on any atom is 0.331 e. The molecule has 0 radical (unpaired) electrons. The third-order valence-corrected chi connectivity index (χ3v) is 4.64. The highest BCUT2D eigenvalue weighted by molar-refractivity contribution is 5.92. The van der Waals surface area contributed by atoms with Crippen molar-refractivity contribution in [3.05, 3.63) is 92.4 Å². The van der Waals surface area contributed by atoms with Gasteiger partial charge in [0.1, 0.15) is 17.3 Å². The van der Waals surface area contributed by atoms with Crippen LogP contribution in [0.1, 0.15) is 34.2 Å². The van der Waals surface area contributed by atoms with Gasteiger partial charge in [0.05, 0.1) is 6.26 Å². The number of nitrogens with one attached hydrogen (secondary N) is 1. The quantitative estimate of drug-likeness (QED) is 0.701. The molecule has 3 rings (SSSR count). The third kappa shape index (κ3) is 3.95. The van der Waals surface area contributed by atoms with E-state index in [-0.39, 0.29) is 24.0 Å². The summed E-state index contributed by atoms with van der Waals surface area (Å²) in [4.78, 5) is 36.2. The first-order valence-corrected chi connectivity index (χ1v) is 8.72. The normalized spacial score (nSPS) is 12.0. The van der Waals surface area contributed by atoms with E-state index < -0.39 is 17.2 Å². The SMILES string of the molecule is Cn1c(C(=O)NCC[C@@H](c2ccc(F)cc2)c2ccco2)cc(=O)n(C)c1=O. The van der Waals surface area contributed by atoms with Gasteiger partial charge in [-0.25, -0.2) is 9.18 Å². The molecule has 0 aliphatic rings. The molecule has 3 aromatic rings. The Kier molecular flexibility index (Phi) is 5.58. The van der Waals surface area contributed by atoms with Gasteiger partial charge in [0.2, 0.25) is 0 Å². The number of furan rings is 1. The van der Waals surface area contributed by atoms with Crippen LogP contribution in [0.2, 0.25) is 0 Å². The summed E-state index contributed by atoms with van der Waals surface area (Å²) >= 11 is 0. The maximum absolute atomic E-state index is 13.2. The van der Waals surface area contributed by atoms with Crippen LogP contribution in [-0.2, 0) is 14.1 Å². The second-order valence-electron chi connectivity index (χ2n) is 6.43. The lowest BCUT2D eigenvalue weighted by Crippen LogP contribution is -2.41. The molecule has 0 saturated carbocycles. The molecule has 2 aromatic heterocycles. The molecule has 0 aliphatic carbocycles. The average molecular weight is 385 g/mol. The summed E-state index contributed by atoms with van der Waals surface area (Å²) in [6.07, 6.45) is 2.05. The first-order valence-electron chi connectivity index (χ1n) is 8.72. The maximum atomic E-state index is 13.2. The standard InChI is InChI=1S/C20H20FN3O4/c1-23-16(12-18(25)24(2)20(23)27)19(26)22-10-9-15(17-4-3-11-28-17)13-5-7-14(21)8-6-13/h3-8,11-12,15H,9-10H2,1-2H3,(H,22,26)/t15-/m0/s1. The third-order valence-electron chi connectivity index (χ3n) is 4.64. The molecular formula is C20H20FN3O4. The summed E-state index contributed by atoms with van der Waals surface area (Å²) < 4.78 is 20.8. The fraction of sp³-hybridized carbons (Fsp3) is 0.250. The van der Waals surface area contributed by atoms with Crippen LogP contribution in [0, 0.1) is 5.82 Å². The second kappa shape index (κ2) is 8.08. The molecule has 0 bridgehead atoms. The zero-order chi connectivity index (χ0) is 20.3. The van der Waals surface area contributed by atoms with Crippen LogP contribution in [0.5, 0.6) is 0 Å². The molecule has 1 N–H and O–H groups in total. The highest BCUT2D eigenvalue weighted by atomic mass is 19.1. The van der Waals surface area contributed by atoms with E-state index in [2.05, 4.69) is 5.32 Å². The molecule has 8 heteroatoms. The largest absolute Gasteiger partial charge is 0.469 e. The number of hydrogen-bond donors (Lipinski definition) is 1. The first-order chi connectivity index (χ1) is 13.4. The summed E-state index contributed by atoms with van der Waals surface area (Å²) in [6.45, 7) is 0.269. The smallest absolute Gasteiger partial charge is 0.331 e. The van der Waals surface area contributed by atoms with Crippen LogP contribution in [0.25, 0.3) is 0 Å². The Labute approximate surface area is 160 Å². The van der Waals surface area contributed by atoms with Gasteiger partial charge in [0, 0.05) is 32.6 Å². The molecule has 1 aromatic carbocycles. The van der Waals surface area contributed by atoms with Crippen LogP contribution in [0.4, 0.5) is 4.39 Å². The van der Waals surface area contributed by atoms with Gasteiger partial charge < -0.3 is 9.73 Å². The number of aromatic nitrogens is 2. The molecule has 0 spiro atoms. The van der Waals surface area contributed by atoms with Crippen molar-refractivity contribution < 1.29 is 13.6 Å². The van der Waals surface area contributed by atoms with Crippen LogP contribution in [0.15, 0.2) is 62.7 Å². The first kappa shape index (κ1) is 19.3. The Morgan fingerprint density at radius 1 is 1.14 bits per heavy atom. The summed E-state index contributed by atoms with van der Waals surface area (Å²) in [5, 5.41) is 2.72. The Balaban J connectivity index is 1.75. The van der Waals surface area contributed by atoms with E-state index in [1.165, 1.54) is 26.2 Å². The summed E-state index contributed by atoms with van der Waals surface area (Å²) in [5.74, 6) is -0.332. The fourth-order valence-corrected chi connectivity index (χ4v) is 3.03. The van der Waals surface area contributed by atoms with Crippen molar-refractivity contribution in [3.63, 3.8) is 0 Å². The Bertz CT molecular complexity index is 1080. The Morgan fingerprint density at radius 3 is 2.50 bits per heavy atom. The lowest BCUT2D eigenvalue weighted by atomic mass is 9.93. The van der Waals surface area contributed by atoms with Crippen LogP contribution in [-0.4, -0.2) is 21.6 Å². The number of nitrogens with zero attached hydrogens (tertiary/aromatic N) is 2. The van der Waals surface area contributed by atoms with Crippen molar-refractivity contribution in [3.8, 4) is 0 Å². The predicted molar refractivity (Wildman–Crippen MR) is 101 cm³/mol. The summed E-state index contributed by atoms with van der Waals surface area (Å²) in [6, 6.07) is 10.8. The number of carbonyl (C=O) groups excluding carboxylic acids is 1. The minimum atomic E-state index is -0.572. The molecule has 7 nitrogen and oxygen atoms in total. The number of carbonyl (C=O) groups is 1. The second-order valence-corrected chi connectivity index (χ2v) is 6.43. The molecule has 0 saturated heterocycles. The minimum Gasteiger partial charge on any atom is -0.469 e. The number of hydrogen-bond acceptors (Lipinski definition) is 4. The monoisotopic (exact) mass is 385 g/mol. The molecule has 0 fully saturated rings. The molecular weight excluding hydrogens is 365 g/mol. The zero-order valence-corrected chi connectivity index (χ0v) is 15.5. The summed E-state index contributed by atoms with van der Waals surface area (Å²) in [7, 11) is 2.78. The lowest BCUT2D eigenvalue weighted by molar-refractivity contribution is 0.0942. The molecule has 0 unspecified atom stereocenters. The van der Waals surface area contributed by atoms with E-state index in [9.17, 15) is 18.8 Å². The molecule has 1 amide bonds. The van der Waals surface area contributed by atoms with E-state index in [1.54, 1.807) is 24.5 Å². The minimum absolute atomic E-state index is 0.00979. The van der Waals surface area contributed by atoms with Crippen LogP contribution < -0.4 is 16.6 Å². The van der Waals surface area contributed by atoms with E-state index in [0.29, 0.717) is 12.2 Å². The van der Waals surface area contributed by atoms with Gasteiger partial charge in [-0.05, 0) is 36.2 Å². The van der Waals surface area contributed by atoms with Gasteiger partial charge >= 0.3 is 5.69 Å². The van der Waals surface area contributed by atoms with Gasteiger partial charge in [0.25, 0.3) is 11.5 Å². The van der Waals surface area contributed by atoms with E-state index in [1.807, 2.05) is 6.07 Å². The van der Waals surface area contributed by atoms with Crippen molar-refractivity contribution in [1.82, 2.24) is 14.5 Å². The molecule has 2 heterocycles. The topological polar surface area (TPSA) is 86.2 Å². The van der Waals surface area contributed by atoms with Crippen molar-refractivity contribution >= 4 is 5.91 Å². The predicted octanol–water partition coefficient (Wildman–Crippen LogP) is 1.77. The molecule has 1 atom stereocenters. The van der Waals surface area contributed by atoms with Crippen LogP contribution >= 0.6 is 0 Å². The van der Waals surface area contributed by atoms with E-state index in [0.717, 1.165) is 20.8 Å². The van der Waals surface area contributed by atoms with Crippen molar-refractivity contribution in [1.29, 1.82) is 0 Å². The highest BCUT2D eigenvalue weighted by Crippen LogP contribution is 2.28. The van der Waals surface area contributed by atoms with E-state index in [4.69, 9.17) is 4.42 Å². The van der Waals surface area contributed by atoms with Crippen molar-refractivity contribution in [2.24, 2.45) is 14.1 Å².